The fourth-order valence-electron chi connectivity index (χ4n) is 3.68. The van der Waals surface area contributed by atoms with Gasteiger partial charge in [-0.05, 0) is 61.8 Å². The minimum absolute atomic E-state index is 0.135. The Bertz CT molecular complexity index is 1050. The largest absolute Gasteiger partial charge is 0.324 e. The van der Waals surface area contributed by atoms with Crippen molar-refractivity contribution in [3.63, 3.8) is 0 Å². The summed E-state index contributed by atoms with van der Waals surface area (Å²) in [5.41, 5.74) is 2.88. The zero-order chi connectivity index (χ0) is 19.5. The lowest BCUT2D eigenvalue weighted by atomic mass is 9.97. The summed E-state index contributed by atoms with van der Waals surface area (Å²) < 4.78 is 1.18. The van der Waals surface area contributed by atoms with Crippen molar-refractivity contribution in [1.29, 1.82) is 0 Å². The Balaban J connectivity index is 1.49. The molecule has 1 aliphatic carbocycles. The lowest BCUT2D eigenvalue weighted by molar-refractivity contribution is -0.117. The fourth-order valence-corrected chi connectivity index (χ4v) is 4.88. The van der Waals surface area contributed by atoms with E-state index in [-0.39, 0.29) is 18.0 Å². The van der Waals surface area contributed by atoms with E-state index in [9.17, 15) is 9.59 Å². The molecule has 1 aromatic carbocycles. The van der Waals surface area contributed by atoms with Crippen molar-refractivity contribution in [2.24, 2.45) is 0 Å². The second kappa shape index (κ2) is 8.22. The van der Waals surface area contributed by atoms with Gasteiger partial charge >= 0.3 is 0 Å². The molecule has 0 aliphatic heterocycles. The SMILES string of the molecule is CCCCc1ccc(NC(=O)Cn2nnc3sc4c(c3c2=O)CCCC4)cc1. The summed E-state index contributed by atoms with van der Waals surface area (Å²) in [6.45, 7) is 2.03. The summed E-state index contributed by atoms with van der Waals surface area (Å²) in [4.78, 5) is 27.2. The first-order valence-electron chi connectivity index (χ1n) is 9.92. The highest BCUT2D eigenvalue weighted by Gasteiger charge is 2.21. The lowest BCUT2D eigenvalue weighted by Gasteiger charge is -2.10. The number of rotatable bonds is 6. The number of anilines is 1. The molecule has 2 aromatic heterocycles. The zero-order valence-electron chi connectivity index (χ0n) is 16.0. The molecule has 28 heavy (non-hydrogen) atoms. The van der Waals surface area contributed by atoms with E-state index in [1.807, 2.05) is 24.3 Å². The maximum Gasteiger partial charge on any atom is 0.279 e. The average molecular weight is 397 g/mol. The Morgan fingerprint density at radius 3 is 2.79 bits per heavy atom. The van der Waals surface area contributed by atoms with E-state index in [4.69, 9.17) is 0 Å². The van der Waals surface area contributed by atoms with Gasteiger partial charge in [-0.25, -0.2) is 4.68 Å². The molecule has 1 aliphatic rings. The Morgan fingerprint density at radius 2 is 2.00 bits per heavy atom. The normalized spacial score (nSPS) is 13.5. The molecular weight excluding hydrogens is 372 g/mol. The van der Waals surface area contributed by atoms with Crippen LogP contribution in [0.25, 0.3) is 10.2 Å². The Kier molecular flexibility index (Phi) is 5.52. The van der Waals surface area contributed by atoms with Crippen LogP contribution in [-0.2, 0) is 30.6 Å². The highest BCUT2D eigenvalue weighted by molar-refractivity contribution is 7.18. The maximum atomic E-state index is 12.9. The van der Waals surface area contributed by atoms with Gasteiger partial charge < -0.3 is 5.32 Å². The molecule has 6 nitrogen and oxygen atoms in total. The van der Waals surface area contributed by atoms with Crippen molar-refractivity contribution in [2.45, 2.75) is 58.4 Å². The van der Waals surface area contributed by atoms with Crippen LogP contribution >= 0.6 is 11.3 Å². The third-order valence-electron chi connectivity index (χ3n) is 5.19. The summed E-state index contributed by atoms with van der Waals surface area (Å²) in [6, 6.07) is 7.85. The number of hydrogen-bond acceptors (Lipinski definition) is 5. The number of carbonyl (C=O) groups excluding carboxylic acids is 1. The number of carbonyl (C=O) groups is 1. The molecule has 0 atom stereocenters. The molecule has 3 aromatic rings. The van der Waals surface area contributed by atoms with E-state index < -0.39 is 0 Å². The number of nitrogens with one attached hydrogen (secondary N) is 1. The van der Waals surface area contributed by atoms with Crippen LogP contribution in [0.2, 0.25) is 0 Å². The van der Waals surface area contributed by atoms with Gasteiger partial charge in [0.15, 0.2) is 4.83 Å². The van der Waals surface area contributed by atoms with Gasteiger partial charge in [-0.3, -0.25) is 9.59 Å². The number of hydrogen-bond donors (Lipinski definition) is 1. The number of aromatic nitrogens is 3. The summed E-state index contributed by atoms with van der Waals surface area (Å²) in [5.74, 6) is -0.277. The Labute approximate surface area is 167 Å². The van der Waals surface area contributed by atoms with Gasteiger partial charge in [0.2, 0.25) is 5.91 Å². The van der Waals surface area contributed by atoms with Gasteiger partial charge in [0.05, 0.1) is 5.39 Å². The summed E-state index contributed by atoms with van der Waals surface area (Å²) in [5, 5.41) is 11.7. The molecular formula is C21H24N4O2S. The minimum atomic E-state index is -0.277. The third kappa shape index (κ3) is 3.85. The smallest absolute Gasteiger partial charge is 0.279 e. The first-order valence-corrected chi connectivity index (χ1v) is 10.7. The van der Waals surface area contributed by atoms with Crippen LogP contribution in [-0.4, -0.2) is 20.9 Å². The molecule has 7 heteroatoms. The van der Waals surface area contributed by atoms with E-state index in [0.717, 1.165) is 56.2 Å². The van der Waals surface area contributed by atoms with E-state index in [2.05, 4.69) is 22.6 Å². The molecule has 2 heterocycles. The van der Waals surface area contributed by atoms with E-state index in [0.29, 0.717) is 10.2 Å². The second-order valence-electron chi connectivity index (χ2n) is 7.29. The summed E-state index contributed by atoms with van der Waals surface area (Å²) in [6.07, 6.45) is 7.52. The summed E-state index contributed by atoms with van der Waals surface area (Å²) >= 11 is 1.56. The maximum absolute atomic E-state index is 12.9. The number of fused-ring (bicyclic) bond motifs is 3. The van der Waals surface area contributed by atoms with Gasteiger partial charge in [0.25, 0.3) is 5.56 Å². The molecule has 1 N–H and O–H groups in total. The quantitative estimate of drug-likeness (QED) is 0.689. The van der Waals surface area contributed by atoms with Gasteiger partial charge in [-0.2, -0.15) is 0 Å². The number of nitrogens with zero attached hydrogens (tertiary/aromatic N) is 3. The topological polar surface area (TPSA) is 76.9 Å². The molecule has 0 spiro atoms. The molecule has 0 saturated carbocycles. The zero-order valence-corrected chi connectivity index (χ0v) is 16.8. The van der Waals surface area contributed by atoms with Crippen molar-refractivity contribution in [3.8, 4) is 0 Å². The lowest BCUT2D eigenvalue weighted by Crippen LogP contribution is -2.30. The molecule has 0 bridgehead atoms. The van der Waals surface area contributed by atoms with Crippen LogP contribution in [0.1, 0.15) is 48.6 Å². The standard InChI is InChI=1S/C21H24N4O2S/c1-2-3-6-14-9-11-15(12-10-14)22-18(26)13-25-21(27)19-16-7-4-5-8-17(16)28-20(19)23-24-25/h9-12H,2-8,13H2,1H3,(H,22,26). The average Bonchev–Trinajstić information content (AvgIpc) is 3.09. The molecule has 1 amide bonds. The van der Waals surface area contributed by atoms with Crippen molar-refractivity contribution in [1.82, 2.24) is 15.0 Å². The predicted octanol–water partition coefficient (Wildman–Crippen LogP) is 3.71. The van der Waals surface area contributed by atoms with Crippen LogP contribution in [0.5, 0.6) is 0 Å². The van der Waals surface area contributed by atoms with Gasteiger partial charge in [0.1, 0.15) is 6.54 Å². The van der Waals surface area contributed by atoms with Crippen molar-refractivity contribution in [2.75, 3.05) is 5.32 Å². The van der Waals surface area contributed by atoms with Crippen LogP contribution in [0.3, 0.4) is 0 Å². The Hall–Kier alpha value is -2.54. The number of aryl methyl sites for hydroxylation is 3. The molecule has 4 rings (SSSR count). The van der Waals surface area contributed by atoms with Crippen molar-refractivity contribution in [3.05, 3.63) is 50.6 Å². The molecule has 0 saturated heterocycles. The first-order chi connectivity index (χ1) is 13.7. The van der Waals surface area contributed by atoms with Gasteiger partial charge in [0, 0.05) is 10.6 Å². The number of unbranched alkanes of at least 4 members (excludes halogenated alkanes) is 1. The Morgan fingerprint density at radius 1 is 1.21 bits per heavy atom. The van der Waals surface area contributed by atoms with Crippen LogP contribution < -0.4 is 10.9 Å². The molecule has 0 fully saturated rings. The van der Waals surface area contributed by atoms with Crippen LogP contribution in [0, 0.1) is 0 Å². The predicted molar refractivity (Wildman–Crippen MR) is 112 cm³/mol. The van der Waals surface area contributed by atoms with Crippen molar-refractivity contribution >= 4 is 33.1 Å². The van der Waals surface area contributed by atoms with E-state index in [1.165, 1.54) is 15.1 Å². The van der Waals surface area contributed by atoms with Crippen molar-refractivity contribution < 1.29 is 4.79 Å². The van der Waals surface area contributed by atoms with Gasteiger partial charge in [-0.15, -0.1) is 16.4 Å². The first kappa shape index (κ1) is 18.8. The van der Waals surface area contributed by atoms with E-state index in [1.54, 1.807) is 11.3 Å². The highest BCUT2D eigenvalue weighted by Crippen LogP contribution is 2.33. The van der Waals surface area contributed by atoms with E-state index >= 15 is 0 Å². The molecule has 0 unspecified atom stereocenters. The molecule has 146 valence electrons. The highest BCUT2D eigenvalue weighted by atomic mass is 32.1. The fraction of sp³-hybridized carbons (Fsp3) is 0.429. The number of benzene rings is 1. The van der Waals surface area contributed by atoms with Gasteiger partial charge in [-0.1, -0.05) is 30.7 Å². The third-order valence-corrected chi connectivity index (χ3v) is 6.37. The monoisotopic (exact) mass is 396 g/mol. The second-order valence-corrected chi connectivity index (χ2v) is 8.38. The number of amides is 1. The minimum Gasteiger partial charge on any atom is -0.324 e. The summed E-state index contributed by atoms with van der Waals surface area (Å²) in [7, 11) is 0. The van der Waals surface area contributed by atoms with Crippen LogP contribution in [0.15, 0.2) is 29.1 Å². The number of thiophene rings is 1. The molecule has 0 radical (unpaired) electrons. The van der Waals surface area contributed by atoms with Crippen LogP contribution in [0.4, 0.5) is 5.69 Å².